The molecule has 0 aromatic carbocycles. The lowest BCUT2D eigenvalue weighted by Crippen LogP contribution is -2.60. The van der Waals surface area contributed by atoms with Crippen LogP contribution in [0.1, 0.15) is 66.7 Å². The van der Waals surface area contributed by atoms with Gasteiger partial charge in [0.2, 0.25) is 0 Å². The Labute approximate surface area is 134 Å². The van der Waals surface area contributed by atoms with Gasteiger partial charge in [0.15, 0.2) is 6.29 Å². The van der Waals surface area contributed by atoms with Gasteiger partial charge < -0.3 is 19.4 Å². The molecule has 2 atom stereocenters. The highest BCUT2D eigenvalue weighted by atomic mass is 16.7. The Morgan fingerprint density at radius 2 is 1.82 bits per heavy atom. The van der Waals surface area contributed by atoms with E-state index >= 15 is 0 Å². The van der Waals surface area contributed by atoms with Crippen LogP contribution < -0.4 is 0 Å². The molecule has 2 aliphatic rings. The first-order valence-corrected chi connectivity index (χ1v) is 8.58. The Hall–Kier alpha value is -0.200. The zero-order valence-corrected chi connectivity index (χ0v) is 14.8. The molecule has 2 fully saturated rings. The van der Waals surface area contributed by atoms with Crippen LogP contribution >= 0.6 is 0 Å². The molecule has 2 aliphatic heterocycles. The van der Waals surface area contributed by atoms with Gasteiger partial charge in [0.1, 0.15) is 0 Å². The van der Waals surface area contributed by atoms with Crippen molar-refractivity contribution < 1.29 is 19.4 Å². The molecule has 0 bridgehead atoms. The minimum atomic E-state index is -0.275. The van der Waals surface area contributed by atoms with E-state index in [0.29, 0.717) is 6.61 Å². The van der Waals surface area contributed by atoms with Gasteiger partial charge in [-0.2, -0.15) is 5.06 Å². The Morgan fingerprint density at radius 1 is 1.18 bits per heavy atom. The molecule has 22 heavy (non-hydrogen) atoms. The van der Waals surface area contributed by atoms with E-state index in [1.54, 1.807) is 0 Å². The Bertz CT molecular complexity index is 335. The van der Waals surface area contributed by atoms with Gasteiger partial charge in [-0.15, -0.1) is 0 Å². The highest BCUT2D eigenvalue weighted by Gasteiger charge is 2.45. The fourth-order valence-corrected chi connectivity index (χ4v) is 3.69. The summed E-state index contributed by atoms with van der Waals surface area (Å²) in [6.07, 6.45) is 5.03. The fraction of sp³-hybridized carbons (Fsp3) is 1.00. The monoisotopic (exact) mass is 315 g/mol. The van der Waals surface area contributed by atoms with Gasteiger partial charge in [0.05, 0.1) is 18.8 Å². The summed E-state index contributed by atoms with van der Waals surface area (Å²) in [7, 11) is 0. The highest BCUT2D eigenvalue weighted by Crippen LogP contribution is 2.37. The molecular weight excluding hydrogens is 282 g/mol. The molecule has 2 unspecified atom stereocenters. The van der Waals surface area contributed by atoms with Crippen molar-refractivity contribution >= 4 is 0 Å². The van der Waals surface area contributed by atoms with Gasteiger partial charge in [-0.3, -0.25) is 0 Å². The van der Waals surface area contributed by atoms with E-state index in [-0.39, 0.29) is 29.6 Å². The molecule has 2 rings (SSSR count). The summed E-state index contributed by atoms with van der Waals surface area (Å²) in [6, 6.07) is 0. The minimum absolute atomic E-state index is 0.0291. The van der Waals surface area contributed by atoms with E-state index in [0.717, 1.165) is 32.3 Å². The van der Waals surface area contributed by atoms with E-state index in [1.165, 1.54) is 11.5 Å². The standard InChI is InChI=1S/C17H33NO4/c1-13(22-15-8-6-7-9-20-15)12-21-14-10-16(2,3)18(19)17(4,5)11-14/h13-15,19H,6-12H2,1-5H3. The summed E-state index contributed by atoms with van der Waals surface area (Å²) >= 11 is 0. The normalized spacial score (nSPS) is 31.1. The lowest BCUT2D eigenvalue weighted by molar-refractivity contribution is -0.264. The second-order valence-electron chi connectivity index (χ2n) is 8.04. The van der Waals surface area contributed by atoms with Crippen molar-refractivity contribution in [1.82, 2.24) is 5.06 Å². The first kappa shape index (κ1) is 18.1. The minimum Gasteiger partial charge on any atom is -0.375 e. The van der Waals surface area contributed by atoms with Gasteiger partial charge in [0.25, 0.3) is 0 Å². The predicted molar refractivity (Wildman–Crippen MR) is 84.9 cm³/mol. The zero-order chi connectivity index (χ0) is 16.4. The SMILES string of the molecule is CC(COC1CC(C)(C)N(O)C(C)(C)C1)OC1CCCCO1. The summed E-state index contributed by atoms with van der Waals surface area (Å²) in [5.74, 6) is 0. The van der Waals surface area contributed by atoms with Crippen molar-refractivity contribution in [2.24, 2.45) is 0 Å². The second kappa shape index (κ2) is 7.14. The quantitative estimate of drug-likeness (QED) is 0.843. The van der Waals surface area contributed by atoms with E-state index < -0.39 is 0 Å². The molecule has 0 amide bonds. The molecule has 0 radical (unpaired) electrons. The molecular formula is C17H33NO4. The van der Waals surface area contributed by atoms with E-state index in [1.807, 2.05) is 6.92 Å². The van der Waals surface area contributed by atoms with Crippen LogP contribution in [0.25, 0.3) is 0 Å². The summed E-state index contributed by atoms with van der Waals surface area (Å²) in [5.41, 5.74) is -0.550. The third-order valence-corrected chi connectivity index (χ3v) is 4.69. The Balaban J connectivity index is 1.78. The molecule has 0 aliphatic carbocycles. The maximum atomic E-state index is 10.3. The van der Waals surface area contributed by atoms with Gasteiger partial charge >= 0.3 is 0 Å². The third-order valence-electron chi connectivity index (χ3n) is 4.69. The smallest absolute Gasteiger partial charge is 0.158 e. The number of hydroxylamine groups is 2. The number of hydrogen-bond donors (Lipinski definition) is 1. The van der Waals surface area contributed by atoms with Crippen LogP contribution in [0.3, 0.4) is 0 Å². The molecule has 0 spiro atoms. The lowest BCUT2D eigenvalue weighted by Gasteiger charge is -2.51. The van der Waals surface area contributed by atoms with Crippen LogP contribution in [0, 0.1) is 0 Å². The van der Waals surface area contributed by atoms with Crippen molar-refractivity contribution in [2.45, 2.75) is 96.3 Å². The second-order valence-corrected chi connectivity index (χ2v) is 8.04. The van der Waals surface area contributed by atoms with E-state index in [4.69, 9.17) is 14.2 Å². The third kappa shape index (κ3) is 4.65. The zero-order valence-electron chi connectivity index (χ0n) is 14.8. The first-order chi connectivity index (χ1) is 10.2. The summed E-state index contributed by atoms with van der Waals surface area (Å²) in [4.78, 5) is 0. The van der Waals surface area contributed by atoms with Crippen LogP contribution in [0.5, 0.6) is 0 Å². The molecule has 0 aromatic heterocycles. The summed E-state index contributed by atoms with van der Waals surface area (Å²) < 4.78 is 17.6. The van der Waals surface area contributed by atoms with Crippen molar-refractivity contribution in [2.75, 3.05) is 13.2 Å². The van der Waals surface area contributed by atoms with Gasteiger partial charge in [-0.1, -0.05) is 0 Å². The van der Waals surface area contributed by atoms with Gasteiger partial charge in [-0.25, -0.2) is 0 Å². The van der Waals surface area contributed by atoms with Crippen molar-refractivity contribution in [3.8, 4) is 0 Å². The molecule has 5 heteroatoms. The van der Waals surface area contributed by atoms with Crippen LogP contribution in [0.4, 0.5) is 0 Å². The van der Waals surface area contributed by atoms with E-state index in [2.05, 4.69) is 27.7 Å². The maximum Gasteiger partial charge on any atom is 0.158 e. The van der Waals surface area contributed by atoms with Crippen molar-refractivity contribution in [3.63, 3.8) is 0 Å². The number of rotatable bonds is 5. The van der Waals surface area contributed by atoms with Gasteiger partial charge in [-0.05, 0) is 66.7 Å². The number of nitrogens with zero attached hydrogens (tertiary/aromatic N) is 1. The summed E-state index contributed by atoms with van der Waals surface area (Å²) in [6.45, 7) is 11.6. The van der Waals surface area contributed by atoms with Crippen LogP contribution in [-0.4, -0.2) is 53.1 Å². The molecule has 2 saturated heterocycles. The highest BCUT2D eigenvalue weighted by molar-refractivity contribution is 4.96. The molecule has 0 saturated carbocycles. The molecule has 130 valence electrons. The predicted octanol–water partition coefficient (Wildman–Crippen LogP) is 3.35. The number of ether oxygens (including phenoxy) is 3. The molecule has 5 nitrogen and oxygen atoms in total. The van der Waals surface area contributed by atoms with Crippen molar-refractivity contribution in [1.29, 1.82) is 0 Å². The van der Waals surface area contributed by atoms with Crippen molar-refractivity contribution in [3.05, 3.63) is 0 Å². The van der Waals surface area contributed by atoms with Crippen LogP contribution in [0.15, 0.2) is 0 Å². The summed E-state index contributed by atoms with van der Waals surface area (Å²) in [5, 5.41) is 11.8. The maximum absolute atomic E-state index is 10.3. The largest absolute Gasteiger partial charge is 0.375 e. The van der Waals surface area contributed by atoms with Crippen LogP contribution in [-0.2, 0) is 14.2 Å². The fourth-order valence-electron chi connectivity index (χ4n) is 3.69. The van der Waals surface area contributed by atoms with Gasteiger partial charge in [0, 0.05) is 17.7 Å². The number of piperidine rings is 1. The average Bonchev–Trinajstić information content (AvgIpc) is 2.43. The Morgan fingerprint density at radius 3 is 2.36 bits per heavy atom. The molecule has 0 aromatic rings. The van der Waals surface area contributed by atoms with Crippen LogP contribution in [0.2, 0.25) is 0 Å². The Kier molecular flexibility index (Phi) is 5.89. The van der Waals surface area contributed by atoms with E-state index in [9.17, 15) is 5.21 Å². The first-order valence-electron chi connectivity index (χ1n) is 8.58. The molecule has 2 heterocycles. The topological polar surface area (TPSA) is 51.2 Å². The lowest BCUT2D eigenvalue weighted by atomic mass is 9.80. The average molecular weight is 315 g/mol. The molecule has 1 N–H and O–H groups in total. The number of hydrogen-bond acceptors (Lipinski definition) is 5.